The molecule has 0 N–H and O–H groups in total. The third-order valence-corrected chi connectivity index (χ3v) is 4.34. The second kappa shape index (κ2) is 5.89. The summed E-state index contributed by atoms with van der Waals surface area (Å²) in [5.41, 5.74) is 0. The van der Waals surface area contributed by atoms with Crippen LogP contribution in [0.15, 0.2) is 0 Å². The summed E-state index contributed by atoms with van der Waals surface area (Å²) < 4.78 is 0. The molecule has 0 saturated heterocycles. The molecule has 0 aromatic rings. The molecule has 1 aliphatic rings. The summed E-state index contributed by atoms with van der Waals surface area (Å²) in [6.45, 7) is 9.36. The standard InChI is InChI=1S/C14H29N/c1-6-8-13(7-2)15(5)14-9-12(10-14)11(3)4/h11-14H,6-10H2,1-5H3. The molecule has 0 spiro atoms. The van der Waals surface area contributed by atoms with Crippen LogP contribution in [0.4, 0.5) is 0 Å². The Morgan fingerprint density at radius 3 is 2.20 bits per heavy atom. The van der Waals surface area contributed by atoms with Crippen molar-refractivity contribution < 1.29 is 0 Å². The van der Waals surface area contributed by atoms with Crippen molar-refractivity contribution in [2.75, 3.05) is 7.05 Å². The lowest BCUT2D eigenvalue weighted by atomic mass is 9.72. The van der Waals surface area contributed by atoms with E-state index < -0.39 is 0 Å². The molecule has 1 nitrogen and oxygen atoms in total. The van der Waals surface area contributed by atoms with E-state index in [0.29, 0.717) is 0 Å². The molecule has 0 heterocycles. The minimum atomic E-state index is 0.827. The van der Waals surface area contributed by atoms with Gasteiger partial charge in [0, 0.05) is 12.1 Å². The van der Waals surface area contributed by atoms with Crippen molar-refractivity contribution in [2.45, 2.75) is 71.9 Å². The Kier molecular flexibility index (Phi) is 5.11. The Hall–Kier alpha value is -0.0400. The van der Waals surface area contributed by atoms with Gasteiger partial charge < -0.3 is 4.90 Å². The van der Waals surface area contributed by atoms with Crippen LogP contribution in [0.2, 0.25) is 0 Å². The molecule has 0 bridgehead atoms. The lowest BCUT2D eigenvalue weighted by molar-refractivity contribution is 0.0406. The summed E-state index contributed by atoms with van der Waals surface area (Å²) >= 11 is 0. The first kappa shape index (κ1) is 13.0. The summed E-state index contributed by atoms with van der Waals surface area (Å²) in [5.74, 6) is 1.89. The Morgan fingerprint density at radius 1 is 1.20 bits per heavy atom. The number of rotatable bonds is 6. The van der Waals surface area contributed by atoms with Gasteiger partial charge in [-0.2, -0.15) is 0 Å². The van der Waals surface area contributed by atoms with Crippen molar-refractivity contribution >= 4 is 0 Å². The van der Waals surface area contributed by atoms with Gasteiger partial charge in [0.1, 0.15) is 0 Å². The predicted molar refractivity (Wildman–Crippen MR) is 68.1 cm³/mol. The fourth-order valence-electron chi connectivity index (χ4n) is 2.83. The fraction of sp³-hybridized carbons (Fsp3) is 1.00. The second-order valence-corrected chi connectivity index (χ2v) is 5.65. The zero-order valence-corrected chi connectivity index (χ0v) is 11.3. The van der Waals surface area contributed by atoms with Crippen molar-refractivity contribution in [3.05, 3.63) is 0 Å². The van der Waals surface area contributed by atoms with E-state index in [1.165, 1.54) is 32.1 Å². The van der Waals surface area contributed by atoms with E-state index in [4.69, 9.17) is 0 Å². The van der Waals surface area contributed by atoms with Gasteiger partial charge in [-0.3, -0.25) is 0 Å². The first-order valence-electron chi connectivity index (χ1n) is 6.82. The van der Waals surface area contributed by atoms with Gasteiger partial charge in [-0.05, 0) is 44.6 Å². The van der Waals surface area contributed by atoms with Gasteiger partial charge in [-0.15, -0.1) is 0 Å². The van der Waals surface area contributed by atoms with Crippen LogP contribution in [-0.2, 0) is 0 Å². The van der Waals surface area contributed by atoms with Crippen LogP contribution < -0.4 is 0 Å². The quantitative estimate of drug-likeness (QED) is 0.643. The predicted octanol–water partition coefficient (Wildman–Crippen LogP) is 3.93. The molecule has 0 aliphatic heterocycles. The van der Waals surface area contributed by atoms with Crippen LogP contribution in [-0.4, -0.2) is 24.0 Å². The van der Waals surface area contributed by atoms with Gasteiger partial charge in [0.2, 0.25) is 0 Å². The van der Waals surface area contributed by atoms with Crippen molar-refractivity contribution in [1.82, 2.24) is 4.90 Å². The third kappa shape index (κ3) is 3.21. The van der Waals surface area contributed by atoms with Crippen LogP contribution >= 0.6 is 0 Å². The highest BCUT2D eigenvalue weighted by molar-refractivity contribution is 4.89. The van der Waals surface area contributed by atoms with Crippen molar-refractivity contribution in [2.24, 2.45) is 11.8 Å². The smallest absolute Gasteiger partial charge is 0.0101 e. The highest BCUT2D eigenvalue weighted by Gasteiger charge is 2.35. The Balaban J connectivity index is 2.32. The lowest BCUT2D eigenvalue weighted by Crippen LogP contribution is -2.48. The van der Waals surface area contributed by atoms with E-state index in [9.17, 15) is 0 Å². The summed E-state index contributed by atoms with van der Waals surface area (Å²) in [5, 5.41) is 0. The fourth-order valence-corrected chi connectivity index (χ4v) is 2.83. The molecule has 1 aliphatic carbocycles. The van der Waals surface area contributed by atoms with Gasteiger partial charge >= 0.3 is 0 Å². The van der Waals surface area contributed by atoms with Crippen molar-refractivity contribution in [3.63, 3.8) is 0 Å². The molecular weight excluding hydrogens is 182 g/mol. The molecule has 1 fully saturated rings. The molecule has 1 heteroatoms. The molecule has 1 atom stereocenters. The van der Waals surface area contributed by atoms with E-state index in [-0.39, 0.29) is 0 Å². The van der Waals surface area contributed by atoms with E-state index in [1.807, 2.05) is 0 Å². The molecule has 0 aromatic carbocycles. The molecule has 0 amide bonds. The first-order chi connectivity index (χ1) is 7.10. The molecule has 0 radical (unpaired) electrons. The Labute approximate surface area is 96.2 Å². The van der Waals surface area contributed by atoms with E-state index in [0.717, 1.165) is 23.9 Å². The Morgan fingerprint density at radius 2 is 1.80 bits per heavy atom. The average molecular weight is 211 g/mol. The molecule has 15 heavy (non-hydrogen) atoms. The van der Waals surface area contributed by atoms with Gasteiger partial charge in [0.25, 0.3) is 0 Å². The monoisotopic (exact) mass is 211 g/mol. The minimum Gasteiger partial charge on any atom is -0.300 e. The number of nitrogens with zero attached hydrogens (tertiary/aromatic N) is 1. The maximum atomic E-state index is 2.66. The zero-order chi connectivity index (χ0) is 11.4. The molecule has 1 saturated carbocycles. The maximum Gasteiger partial charge on any atom is 0.0101 e. The van der Waals surface area contributed by atoms with Crippen LogP contribution in [0.1, 0.15) is 59.8 Å². The van der Waals surface area contributed by atoms with Crippen LogP contribution in [0, 0.1) is 11.8 Å². The van der Waals surface area contributed by atoms with E-state index in [2.05, 4.69) is 39.6 Å². The highest BCUT2D eigenvalue weighted by Crippen LogP contribution is 2.37. The first-order valence-corrected chi connectivity index (χ1v) is 6.82. The molecule has 1 rings (SSSR count). The Bertz CT molecular complexity index is 170. The van der Waals surface area contributed by atoms with Gasteiger partial charge in [0.15, 0.2) is 0 Å². The number of hydrogen-bond acceptors (Lipinski definition) is 1. The largest absolute Gasteiger partial charge is 0.300 e. The average Bonchev–Trinajstić information content (AvgIpc) is 2.10. The minimum absolute atomic E-state index is 0.827. The molecule has 0 aromatic heterocycles. The number of hydrogen-bond donors (Lipinski definition) is 0. The second-order valence-electron chi connectivity index (χ2n) is 5.65. The third-order valence-electron chi connectivity index (χ3n) is 4.34. The van der Waals surface area contributed by atoms with E-state index >= 15 is 0 Å². The van der Waals surface area contributed by atoms with E-state index in [1.54, 1.807) is 0 Å². The molecule has 90 valence electrons. The van der Waals surface area contributed by atoms with Gasteiger partial charge in [-0.1, -0.05) is 34.1 Å². The molecule has 1 unspecified atom stereocenters. The summed E-state index contributed by atoms with van der Waals surface area (Å²) in [4.78, 5) is 2.66. The topological polar surface area (TPSA) is 3.24 Å². The van der Waals surface area contributed by atoms with Gasteiger partial charge in [-0.25, -0.2) is 0 Å². The summed E-state index contributed by atoms with van der Waals surface area (Å²) in [6, 6.07) is 1.71. The highest BCUT2D eigenvalue weighted by atomic mass is 15.2. The summed E-state index contributed by atoms with van der Waals surface area (Å²) in [7, 11) is 2.34. The maximum absolute atomic E-state index is 2.66. The zero-order valence-electron chi connectivity index (χ0n) is 11.3. The normalized spacial score (nSPS) is 28.2. The van der Waals surface area contributed by atoms with Crippen LogP contribution in [0.25, 0.3) is 0 Å². The van der Waals surface area contributed by atoms with Crippen LogP contribution in [0.5, 0.6) is 0 Å². The lowest BCUT2D eigenvalue weighted by Gasteiger charge is -2.46. The molecular formula is C14H29N. The van der Waals surface area contributed by atoms with Crippen molar-refractivity contribution in [3.8, 4) is 0 Å². The van der Waals surface area contributed by atoms with Crippen LogP contribution in [0.3, 0.4) is 0 Å². The SMILES string of the molecule is CCCC(CC)N(C)C1CC(C(C)C)C1. The van der Waals surface area contributed by atoms with Gasteiger partial charge in [0.05, 0.1) is 0 Å². The summed E-state index contributed by atoms with van der Waals surface area (Å²) in [6.07, 6.45) is 6.88. The van der Waals surface area contributed by atoms with Crippen molar-refractivity contribution in [1.29, 1.82) is 0 Å².